The van der Waals surface area contributed by atoms with Crippen molar-refractivity contribution in [2.75, 3.05) is 7.11 Å². The minimum absolute atomic E-state index is 0.144. The molecule has 3 heterocycles. The Morgan fingerprint density at radius 3 is 2.63 bits per heavy atom. The molecule has 0 saturated carbocycles. The normalized spacial score (nSPS) is 10.9. The van der Waals surface area contributed by atoms with Crippen molar-refractivity contribution in [3.8, 4) is 16.3 Å². The minimum atomic E-state index is -0.610. The molecule has 0 unspecified atom stereocenters. The van der Waals surface area contributed by atoms with Gasteiger partial charge in [-0.2, -0.15) is 5.10 Å². The Balaban J connectivity index is 1.43. The number of fused-ring (bicyclic) bond motifs is 1. The van der Waals surface area contributed by atoms with Crippen molar-refractivity contribution in [2.45, 2.75) is 6.61 Å². The van der Waals surface area contributed by atoms with Crippen LogP contribution < -0.4 is 5.56 Å². The van der Waals surface area contributed by atoms with Gasteiger partial charge in [0.15, 0.2) is 0 Å². The first-order valence-corrected chi connectivity index (χ1v) is 11.4. The predicted octanol–water partition coefficient (Wildman–Crippen LogP) is 3.98. The van der Waals surface area contributed by atoms with Crippen LogP contribution in [-0.4, -0.2) is 38.8 Å². The maximum atomic E-state index is 13.1. The van der Waals surface area contributed by atoms with Crippen LogP contribution in [0.1, 0.15) is 26.5 Å². The number of hydrogen-bond acceptors (Lipinski definition) is 8. The lowest BCUT2D eigenvalue weighted by molar-refractivity contribution is 0.0463. The Labute approximate surface area is 202 Å². The molecule has 0 fully saturated rings. The summed E-state index contributed by atoms with van der Waals surface area (Å²) >= 11 is 1.46. The molecule has 0 aliphatic rings. The zero-order valence-corrected chi connectivity index (χ0v) is 19.2. The molecule has 0 atom stereocenters. The summed E-state index contributed by atoms with van der Waals surface area (Å²) in [4.78, 5) is 45.1. The van der Waals surface area contributed by atoms with E-state index < -0.39 is 17.5 Å². The zero-order valence-electron chi connectivity index (χ0n) is 18.4. The van der Waals surface area contributed by atoms with Crippen LogP contribution in [0.5, 0.6) is 0 Å². The number of H-pyrrole nitrogens is 1. The standard InChI is InChI=1S/C25H18N4O5S/c1-33-24(31)15-9-10-17-19(12-15)26-21(27-23(17)30)14-34-25(32)18-13-29(16-6-3-2-4-7-16)28-22(18)20-8-5-11-35-20/h2-13H,14H2,1H3,(H,26,27,30). The third kappa shape index (κ3) is 4.46. The lowest BCUT2D eigenvalue weighted by atomic mass is 10.1. The number of benzene rings is 2. The minimum Gasteiger partial charge on any atom is -0.465 e. The predicted molar refractivity (Wildman–Crippen MR) is 130 cm³/mol. The molecule has 1 N–H and O–H groups in total. The second kappa shape index (κ2) is 9.35. The number of thiophene rings is 1. The van der Waals surface area contributed by atoms with E-state index in [1.807, 2.05) is 47.8 Å². The third-order valence-corrected chi connectivity index (χ3v) is 6.10. The van der Waals surface area contributed by atoms with Gasteiger partial charge in [0.25, 0.3) is 5.56 Å². The number of rotatable bonds is 6. The molecule has 3 aromatic heterocycles. The molecule has 0 aliphatic carbocycles. The molecule has 174 valence electrons. The number of para-hydroxylation sites is 1. The van der Waals surface area contributed by atoms with Crippen LogP contribution in [0.4, 0.5) is 0 Å². The Morgan fingerprint density at radius 1 is 1.06 bits per heavy atom. The van der Waals surface area contributed by atoms with Crippen molar-refractivity contribution >= 4 is 34.2 Å². The van der Waals surface area contributed by atoms with Gasteiger partial charge in [0.2, 0.25) is 0 Å². The van der Waals surface area contributed by atoms with Gasteiger partial charge >= 0.3 is 11.9 Å². The Morgan fingerprint density at radius 2 is 1.89 bits per heavy atom. The van der Waals surface area contributed by atoms with Crippen molar-refractivity contribution in [1.82, 2.24) is 19.7 Å². The van der Waals surface area contributed by atoms with Crippen molar-refractivity contribution in [2.24, 2.45) is 0 Å². The molecule has 0 aliphatic heterocycles. The molecule has 0 radical (unpaired) electrons. The number of aromatic nitrogens is 4. The number of nitrogens with one attached hydrogen (secondary N) is 1. The first kappa shape index (κ1) is 22.2. The summed E-state index contributed by atoms with van der Waals surface area (Å²) in [6.07, 6.45) is 1.62. The number of esters is 2. The number of carbonyl (C=O) groups excluding carboxylic acids is 2. The lowest BCUT2D eigenvalue weighted by Gasteiger charge is -2.06. The fraction of sp³-hybridized carbons (Fsp3) is 0.0800. The van der Waals surface area contributed by atoms with E-state index in [0.717, 1.165) is 10.6 Å². The lowest BCUT2D eigenvalue weighted by Crippen LogP contribution is -2.15. The highest BCUT2D eigenvalue weighted by molar-refractivity contribution is 7.13. The molecule has 0 bridgehead atoms. The Hall–Kier alpha value is -4.57. The monoisotopic (exact) mass is 486 g/mol. The van der Waals surface area contributed by atoms with Crippen LogP contribution >= 0.6 is 11.3 Å². The number of nitrogens with zero attached hydrogens (tertiary/aromatic N) is 3. The van der Waals surface area contributed by atoms with Gasteiger partial charge in [-0.3, -0.25) is 4.79 Å². The van der Waals surface area contributed by atoms with E-state index in [1.54, 1.807) is 10.9 Å². The molecule has 0 saturated heterocycles. The summed E-state index contributed by atoms with van der Waals surface area (Å²) in [6.45, 7) is -0.271. The average Bonchev–Trinajstić information content (AvgIpc) is 3.57. The highest BCUT2D eigenvalue weighted by Gasteiger charge is 2.21. The molecule has 0 spiro atoms. The van der Waals surface area contributed by atoms with Crippen LogP contribution in [0, 0.1) is 0 Å². The third-order valence-electron chi connectivity index (χ3n) is 5.23. The smallest absolute Gasteiger partial charge is 0.342 e. The molecule has 2 aromatic carbocycles. The van der Waals surface area contributed by atoms with Gasteiger partial charge in [-0.05, 0) is 41.8 Å². The molecule has 10 heteroatoms. The van der Waals surface area contributed by atoms with Crippen molar-refractivity contribution in [1.29, 1.82) is 0 Å². The number of carbonyl (C=O) groups is 2. The summed E-state index contributed by atoms with van der Waals surface area (Å²) < 4.78 is 11.8. The topological polar surface area (TPSA) is 116 Å². The largest absolute Gasteiger partial charge is 0.465 e. The molecule has 35 heavy (non-hydrogen) atoms. The van der Waals surface area contributed by atoms with E-state index in [1.165, 1.54) is 36.6 Å². The number of methoxy groups -OCH3 is 1. The van der Waals surface area contributed by atoms with E-state index in [9.17, 15) is 14.4 Å². The molecular formula is C25H18N4O5S. The maximum Gasteiger partial charge on any atom is 0.342 e. The van der Waals surface area contributed by atoms with Crippen LogP contribution in [-0.2, 0) is 16.1 Å². The highest BCUT2D eigenvalue weighted by atomic mass is 32.1. The summed E-state index contributed by atoms with van der Waals surface area (Å²) in [5.74, 6) is -1.01. The van der Waals surface area contributed by atoms with E-state index in [2.05, 4.69) is 15.1 Å². The number of ether oxygens (including phenoxy) is 2. The summed E-state index contributed by atoms with van der Waals surface area (Å²) in [6, 6.07) is 17.6. The van der Waals surface area contributed by atoms with E-state index in [4.69, 9.17) is 9.47 Å². The second-order valence-electron chi connectivity index (χ2n) is 7.46. The molecule has 5 aromatic rings. The maximum absolute atomic E-state index is 13.1. The Bertz CT molecular complexity index is 1590. The number of hydrogen-bond donors (Lipinski definition) is 1. The van der Waals surface area contributed by atoms with Crippen LogP contribution in [0.2, 0.25) is 0 Å². The zero-order chi connectivity index (χ0) is 24.4. The van der Waals surface area contributed by atoms with Gasteiger partial charge in [-0.1, -0.05) is 24.3 Å². The second-order valence-corrected chi connectivity index (χ2v) is 8.41. The van der Waals surface area contributed by atoms with Crippen LogP contribution in [0.15, 0.2) is 77.0 Å². The fourth-order valence-electron chi connectivity index (χ4n) is 3.54. The fourth-order valence-corrected chi connectivity index (χ4v) is 4.27. The van der Waals surface area contributed by atoms with Gasteiger partial charge in [0.05, 0.1) is 34.1 Å². The van der Waals surface area contributed by atoms with Gasteiger partial charge in [0.1, 0.15) is 23.7 Å². The summed E-state index contributed by atoms with van der Waals surface area (Å²) in [5, 5.41) is 6.80. The number of aromatic amines is 1. The molecule has 5 rings (SSSR count). The first-order chi connectivity index (χ1) is 17.0. The summed E-state index contributed by atoms with van der Waals surface area (Å²) in [5.41, 5.74) is 1.72. The van der Waals surface area contributed by atoms with Gasteiger partial charge in [-0.25, -0.2) is 19.3 Å². The van der Waals surface area contributed by atoms with Crippen LogP contribution in [0.3, 0.4) is 0 Å². The highest BCUT2D eigenvalue weighted by Crippen LogP contribution is 2.28. The average molecular weight is 487 g/mol. The van der Waals surface area contributed by atoms with Crippen molar-refractivity contribution < 1.29 is 19.1 Å². The quantitative estimate of drug-likeness (QED) is 0.361. The van der Waals surface area contributed by atoms with Gasteiger partial charge in [-0.15, -0.1) is 11.3 Å². The molecule has 0 amide bonds. The van der Waals surface area contributed by atoms with E-state index in [-0.39, 0.29) is 23.6 Å². The van der Waals surface area contributed by atoms with E-state index >= 15 is 0 Å². The first-order valence-electron chi connectivity index (χ1n) is 10.5. The molecule has 9 nitrogen and oxygen atoms in total. The van der Waals surface area contributed by atoms with Crippen molar-refractivity contribution in [3.05, 3.63) is 99.5 Å². The van der Waals surface area contributed by atoms with Gasteiger partial charge in [0, 0.05) is 6.20 Å². The van der Waals surface area contributed by atoms with Gasteiger partial charge < -0.3 is 14.5 Å². The van der Waals surface area contributed by atoms with E-state index in [0.29, 0.717) is 16.6 Å². The van der Waals surface area contributed by atoms with Crippen molar-refractivity contribution in [3.63, 3.8) is 0 Å². The molecular weight excluding hydrogens is 468 g/mol. The van der Waals surface area contributed by atoms with Crippen LogP contribution in [0.25, 0.3) is 27.2 Å². The SMILES string of the molecule is COC(=O)c1ccc2c(=O)[nH]c(COC(=O)c3cn(-c4ccccc4)nc3-c3cccs3)nc2c1. The Kier molecular flexibility index (Phi) is 5.94. The summed E-state index contributed by atoms with van der Waals surface area (Å²) in [7, 11) is 1.27.